The van der Waals surface area contributed by atoms with Crippen molar-refractivity contribution in [2.45, 2.75) is 38.6 Å². The van der Waals surface area contributed by atoms with Gasteiger partial charge in [-0.3, -0.25) is 4.79 Å². The highest BCUT2D eigenvalue weighted by molar-refractivity contribution is 5.76. The molecule has 0 spiro atoms. The van der Waals surface area contributed by atoms with Crippen LogP contribution in [0.25, 0.3) is 0 Å². The molecule has 15 heavy (non-hydrogen) atoms. The zero-order valence-electron chi connectivity index (χ0n) is 9.59. The average molecular weight is 210 g/mol. The molecule has 1 fully saturated rings. The van der Waals surface area contributed by atoms with E-state index in [9.17, 15) is 4.79 Å². The minimum atomic E-state index is 0.0852. The summed E-state index contributed by atoms with van der Waals surface area (Å²) >= 11 is 0. The van der Waals surface area contributed by atoms with Gasteiger partial charge in [0.1, 0.15) is 0 Å². The Kier molecular flexibility index (Phi) is 5.40. The molecule has 1 aliphatic heterocycles. The quantitative estimate of drug-likeness (QED) is 0.674. The predicted octanol–water partition coefficient (Wildman–Crippen LogP) is 1.46. The van der Waals surface area contributed by atoms with Crippen molar-refractivity contribution in [1.29, 1.82) is 0 Å². The second-order valence-corrected chi connectivity index (χ2v) is 4.34. The molecule has 0 aliphatic carbocycles. The van der Waals surface area contributed by atoms with E-state index in [0.717, 1.165) is 19.5 Å². The van der Waals surface area contributed by atoms with Crippen LogP contribution in [0.4, 0.5) is 0 Å². The molecule has 2 atom stereocenters. The number of amides is 1. The van der Waals surface area contributed by atoms with Crippen molar-refractivity contribution in [3.63, 3.8) is 0 Å². The zero-order valence-corrected chi connectivity index (χ0v) is 9.59. The Morgan fingerprint density at radius 1 is 1.73 bits per heavy atom. The van der Waals surface area contributed by atoms with Gasteiger partial charge in [-0.2, -0.15) is 0 Å². The van der Waals surface area contributed by atoms with Crippen LogP contribution in [-0.2, 0) is 4.79 Å². The van der Waals surface area contributed by atoms with E-state index in [0.29, 0.717) is 12.3 Å². The lowest BCUT2D eigenvalue weighted by Crippen LogP contribution is -2.33. The maximum absolute atomic E-state index is 11.5. The molecule has 2 N–H and O–H groups in total. The molecule has 3 heteroatoms. The second kappa shape index (κ2) is 6.62. The maximum Gasteiger partial charge on any atom is 0.220 e. The van der Waals surface area contributed by atoms with Crippen LogP contribution < -0.4 is 10.6 Å². The van der Waals surface area contributed by atoms with Gasteiger partial charge in [0.2, 0.25) is 5.91 Å². The van der Waals surface area contributed by atoms with Gasteiger partial charge in [0.05, 0.1) is 0 Å². The van der Waals surface area contributed by atoms with Crippen LogP contribution in [0.15, 0.2) is 12.7 Å². The molecule has 0 aromatic heterocycles. The highest BCUT2D eigenvalue weighted by atomic mass is 16.1. The zero-order chi connectivity index (χ0) is 11.1. The van der Waals surface area contributed by atoms with Crippen LogP contribution in [0.2, 0.25) is 0 Å². The first-order valence-electron chi connectivity index (χ1n) is 5.85. The van der Waals surface area contributed by atoms with E-state index < -0.39 is 0 Å². The molecular formula is C12H22N2O. The van der Waals surface area contributed by atoms with Crippen LogP contribution in [0.3, 0.4) is 0 Å². The summed E-state index contributed by atoms with van der Waals surface area (Å²) in [5.74, 6) is 0.830. The average Bonchev–Trinajstić information content (AvgIpc) is 2.27. The fourth-order valence-corrected chi connectivity index (χ4v) is 1.89. The van der Waals surface area contributed by atoms with E-state index in [-0.39, 0.29) is 11.9 Å². The summed E-state index contributed by atoms with van der Waals surface area (Å²) in [5, 5.41) is 6.25. The van der Waals surface area contributed by atoms with Gasteiger partial charge in [0.25, 0.3) is 0 Å². The summed E-state index contributed by atoms with van der Waals surface area (Å²) in [6.07, 6.45) is 5.90. The summed E-state index contributed by atoms with van der Waals surface area (Å²) in [6.45, 7) is 7.79. The molecule has 1 saturated heterocycles. The molecule has 0 aromatic carbocycles. The molecule has 1 heterocycles. The first-order chi connectivity index (χ1) is 7.22. The van der Waals surface area contributed by atoms with E-state index in [2.05, 4.69) is 17.2 Å². The third kappa shape index (κ3) is 4.98. The fourth-order valence-electron chi connectivity index (χ4n) is 1.89. The van der Waals surface area contributed by atoms with Crippen molar-refractivity contribution < 1.29 is 4.79 Å². The number of carbonyl (C=O) groups is 1. The van der Waals surface area contributed by atoms with Crippen molar-refractivity contribution in [2.75, 3.05) is 13.1 Å². The topological polar surface area (TPSA) is 41.1 Å². The molecule has 1 aliphatic rings. The molecule has 1 rings (SSSR count). The number of hydrogen-bond donors (Lipinski definition) is 2. The largest absolute Gasteiger partial charge is 0.350 e. The number of nitrogens with one attached hydrogen (secondary N) is 2. The first kappa shape index (κ1) is 12.2. The molecular weight excluding hydrogens is 188 g/mol. The number of rotatable bonds is 5. The van der Waals surface area contributed by atoms with Crippen LogP contribution in [0.1, 0.15) is 32.6 Å². The Bertz CT molecular complexity index is 210. The Hall–Kier alpha value is -0.830. The summed E-state index contributed by atoms with van der Waals surface area (Å²) in [6, 6.07) is 0.0852. The maximum atomic E-state index is 11.5. The normalized spacial score (nSPS) is 23.1. The van der Waals surface area contributed by atoms with Gasteiger partial charge < -0.3 is 10.6 Å². The van der Waals surface area contributed by atoms with Crippen molar-refractivity contribution >= 4 is 5.91 Å². The van der Waals surface area contributed by atoms with Crippen LogP contribution in [0.5, 0.6) is 0 Å². The molecule has 0 bridgehead atoms. The van der Waals surface area contributed by atoms with Crippen LogP contribution >= 0.6 is 0 Å². The Labute approximate surface area is 92.3 Å². The summed E-state index contributed by atoms with van der Waals surface area (Å²) in [7, 11) is 0. The molecule has 3 nitrogen and oxygen atoms in total. The third-order valence-corrected chi connectivity index (χ3v) is 2.92. The van der Waals surface area contributed by atoms with Crippen molar-refractivity contribution in [3.8, 4) is 0 Å². The fraction of sp³-hybridized carbons (Fsp3) is 0.750. The van der Waals surface area contributed by atoms with E-state index in [1.165, 1.54) is 12.8 Å². The summed E-state index contributed by atoms with van der Waals surface area (Å²) in [5.41, 5.74) is 0. The minimum Gasteiger partial charge on any atom is -0.350 e. The van der Waals surface area contributed by atoms with E-state index >= 15 is 0 Å². The molecule has 0 radical (unpaired) electrons. The van der Waals surface area contributed by atoms with Gasteiger partial charge in [0, 0.05) is 12.5 Å². The van der Waals surface area contributed by atoms with Gasteiger partial charge in [-0.25, -0.2) is 0 Å². The first-order valence-corrected chi connectivity index (χ1v) is 5.85. The van der Waals surface area contributed by atoms with Crippen molar-refractivity contribution in [2.24, 2.45) is 5.92 Å². The molecule has 2 unspecified atom stereocenters. The van der Waals surface area contributed by atoms with Gasteiger partial charge in [-0.1, -0.05) is 6.08 Å². The molecule has 0 saturated carbocycles. The second-order valence-electron chi connectivity index (χ2n) is 4.34. The lowest BCUT2D eigenvalue weighted by Gasteiger charge is -2.22. The van der Waals surface area contributed by atoms with Crippen LogP contribution in [0, 0.1) is 5.92 Å². The molecule has 1 amide bonds. The Morgan fingerprint density at radius 2 is 2.53 bits per heavy atom. The predicted molar refractivity (Wildman–Crippen MR) is 62.6 cm³/mol. The van der Waals surface area contributed by atoms with E-state index in [1.54, 1.807) is 6.08 Å². The van der Waals surface area contributed by atoms with Crippen LogP contribution in [-0.4, -0.2) is 25.0 Å². The standard InChI is InChI=1S/C12H22N2O/c1-3-10(2)14-12(15)7-6-11-5-4-8-13-9-11/h3,10-11,13H,1,4-9H2,2H3,(H,14,15). The SMILES string of the molecule is C=CC(C)NC(=O)CCC1CCCNC1. The lowest BCUT2D eigenvalue weighted by molar-refractivity contribution is -0.121. The summed E-state index contributed by atoms with van der Waals surface area (Å²) < 4.78 is 0. The smallest absolute Gasteiger partial charge is 0.220 e. The van der Waals surface area contributed by atoms with Gasteiger partial charge in [-0.15, -0.1) is 6.58 Å². The van der Waals surface area contributed by atoms with Gasteiger partial charge in [0.15, 0.2) is 0 Å². The van der Waals surface area contributed by atoms with Crippen molar-refractivity contribution in [3.05, 3.63) is 12.7 Å². The Balaban J connectivity index is 2.12. The number of hydrogen-bond acceptors (Lipinski definition) is 2. The van der Waals surface area contributed by atoms with Crippen molar-refractivity contribution in [1.82, 2.24) is 10.6 Å². The monoisotopic (exact) mass is 210 g/mol. The van der Waals surface area contributed by atoms with Gasteiger partial charge >= 0.3 is 0 Å². The van der Waals surface area contributed by atoms with E-state index in [1.807, 2.05) is 6.92 Å². The lowest BCUT2D eigenvalue weighted by atomic mass is 9.94. The number of carbonyl (C=O) groups excluding carboxylic acids is 1. The highest BCUT2D eigenvalue weighted by Gasteiger charge is 2.14. The molecule has 86 valence electrons. The highest BCUT2D eigenvalue weighted by Crippen LogP contribution is 2.15. The minimum absolute atomic E-state index is 0.0852. The molecule has 0 aromatic rings. The Morgan fingerprint density at radius 3 is 3.13 bits per heavy atom. The van der Waals surface area contributed by atoms with E-state index in [4.69, 9.17) is 0 Å². The number of piperidine rings is 1. The summed E-state index contributed by atoms with van der Waals surface area (Å²) in [4.78, 5) is 11.5. The van der Waals surface area contributed by atoms with Gasteiger partial charge in [-0.05, 0) is 45.2 Å². The third-order valence-electron chi connectivity index (χ3n) is 2.92.